The second-order valence-electron chi connectivity index (χ2n) is 11.2. The molecule has 2 N–H and O–H groups in total. The van der Waals surface area contributed by atoms with Crippen LogP contribution in [0.3, 0.4) is 0 Å². The first-order valence-electron chi connectivity index (χ1n) is 13.4. The lowest BCUT2D eigenvalue weighted by Gasteiger charge is -2.37. The fraction of sp³-hybridized carbons (Fsp3) is 0.690. The Balaban J connectivity index is 3.05. The van der Waals surface area contributed by atoms with Crippen molar-refractivity contribution in [1.82, 2.24) is 20.4 Å². The van der Waals surface area contributed by atoms with Gasteiger partial charge in [0.15, 0.2) is 0 Å². The molecule has 0 radical (unpaired) electrons. The lowest BCUT2D eigenvalue weighted by Crippen LogP contribution is -2.57. The first-order chi connectivity index (χ1) is 16.9. The Hall–Kier alpha value is -2.41. The molecule has 3 atom stereocenters. The smallest absolute Gasteiger partial charge is 0.245 e. The summed E-state index contributed by atoms with van der Waals surface area (Å²) in [5.41, 5.74) is 1.15. The molecular weight excluding hydrogens is 452 g/mol. The fourth-order valence-corrected chi connectivity index (χ4v) is 4.45. The van der Waals surface area contributed by atoms with E-state index in [0.29, 0.717) is 31.7 Å². The van der Waals surface area contributed by atoms with Crippen molar-refractivity contribution in [2.24, 2.45) is 17.8 Å². The van der Waals surface area contributed by atoms with E-state index in [9.17, 15) is 14.4 Å². The fourth-order valence-electron chi connectivity index (χ4n) is 4.45. The van der Waals surface area contributed by atoms with E-state index in [4.69, 9.17) is 0 Å². The minimum absolute atomic E-state index is 0.0914. The van der Waals surface area contributed by atoms with Gasteiger partial charge in [0, 0.05) is 20.6 Å². The molecule has 7 nitrogen and oxygen atoms in total. The SMILES string of the molecule is CN[C@@H](CC(C)C)C(=O)N(C)[C@@H](CC(C)C)C(=O)N(C)[C@@H](CC(C)C)C(=O)NCCc1ccccc1. The second-order valence-corrected chi connectivity index (χ2v) is 11.2. The minimum atomic E-state index is -0.628. The van der Waals surface area contributed by atoms with Gasteiger partial charge in [0.25, 0.3) is 0 Å². The van der Waals surface area contributed by atoms with Crippen LogP contribution in [0.25, 0.3) is 0 Å². The van der Waals surface area contributed by atoms with E-state index in [0.717, 1.165) is 12.0 Å². The van der Waals surface area contributed by atoms with Crippen molar-refractivity contribution in [3.8, 4) is 0 Å². The largest absolute Gasteiger partial charge is 0.354 e. The zero-order valence-electron chi connectivity index (χ0n) is 24.0. The van der Waals surface area contributed by atoms with Gasteiger partial charge in [0.1, 0.15) is 12.1 Å². The van der Waals surface area contributed by atoms with Gasteiger partial charge in [-0.15, -0.1) is 0 Å². The van der Waals surface area contributed by atoms with Crippen molar-refractivity contribution >= 4 is 17.7 Å². The maximum Gasteiger partial charge on any atom is 0.245 e. The highest BCUT2D eigenvalue weighted by Crippen LogP contribution is 2.19. The van der Waals surface area contributed by atoms with Crippen LogP contribution in [-0.4, -0.2) is 73.3 Å². The molecule has 0 unspecified atom stereocenters. The van der Waals surface area contributed by atoms with E-state index in [1.807, 2.05) is 58.0 Å². The number of nitrogens with one attached hydrogen (secondary N) is 2. The first kappa shape index (κ1) is 31.6. The topological polar surface area (TPSA) is 81.8 Å². The summed E-state index contributed by atoms with van der Waals surface area (Å²) in [5, 5.41) is 6.14. The van der Waals surface area contributed by atoms with Gasteiger partial charge < -0.3 is 20.4 Å². The molecule has 1 aromatic rings. The lowest BCUT2D eigenvalue weighted by molar-refractivity contribution is -0.149. The van der Waals surface area contributed by atoms with Gasteiger partial charge in [-0.3, -0.25) is 14.4 Å². The van der Waals surface area contributed by atoms with Gasteiger partial charge in [-0.25, -0.2) is 0 Å². The molecule has 0 bridgehead atoms. The number of likely N-dealkylation sites (N-methyl/N-ethyl adjacent to an activating group) is 3. The quantitative estimate of drug-likeness (QED) is 0.383. The molecular formula is C29H50N4O3. The number of carbonyl (C=O) groups is 3. The number of hydrogen-bond acceptors (Lipinski definition) is 4. The van der Waals surface area contributed by atoms with Crippen LogP contribution in [0.1, 0.15) is 66.4 Å². The molecule has 0 fully saturated rings. The van der Waals surface area contributed by atoms with Gasteiger partial charge >= 0.3 is 0 Å². The van der Waals surface area contributed by atoms with E-state index >= 15 is 0 Å². The Morgan fingerprint density at radius 3 is 1.75 bits per heavy atom. The number of benzene rings is 1. The van der Waals surface area contributed by atoms with Crippen LogP contribution < -0.4 is 10.6 Å². The maximum absolute atomic E-state index is 13.8. The van der Waals surface area contributed by atoms with Crippen molar-refractivity contribution < 1.29 is 14.4 Å². The van der Waals surface area contributed by atoms with E-state index in [1.165, 1.54) is 0 Å². The third kappa shape index (κ3) is 10.3. The van der Waals surface area contributed by atoms with Gasteiger partial charge in [-0.1, -0.05) is 71.9 Å². The van der Waals surface area contributed by atoms with Crippen molar-refractivity contribution in [2.75, 3.05) is 27.7 Å². The average molecular weight is 503 g/mol. The van der Waals surface area contributed by atoms with E-state index in [2.05, 4.69) is 24.5 Å². The zero-order chi connectivity index (χ0) is 27.4. The van der Waals surface area contributed by atoms with Crippen LogP contribution in [-0.2, 0) is 20.8 Å². The summed E-state index contributed by atoms with van der Waals surface area (Å²) in [6, 6.07) is 8.44. The van der Waals surface area contributed by atoms with Crippen LogP contribution in [0.5, 0.6) is 0 Å². The van der Waals surface area contributed by atoms with E-state index < -0.39 is 12.1 Å². The third-order valence-electron chi connectivity index (χ3n) is 6.52. The molecule has 0 heterocycles. The monoisotopic (exact) mass is 502 g/mol. The van der Waals surface area contributed by atoms with Gasteiger partial charge in [-0.2, -0.15) is 0 Å². The van der Waals surface area contributed by atoms with Crippen LogP contribution in [0, 0.1) is 17.8 Å². The van der Waals surface area contributed by atoms with Gasteiger partial charge in [0.2, 0.25) is 17.7 Å². The van der Waals surface area contributed by atoms with Crippen molar-refractivity contribution in [3.05, 3.63) is 35.9 Å². The highest BCUT2D eigenvalue weighted by atomic mass is 16.2. The molecule has 204 valence electrons. The maximum atomic E-state index is 13.8. The second kappa shape index (κ2) is 15.6. The Kier molecular flexibility index (Phi) is 13.7. The van der Waals surface area contributed by atoms with Crippen molar-refractivity contribution in [3.63, 3.8) is 0 Å². The van der Waals surface area contributed by atoms with E-state index in [-0.39, 0.29) is 35.6 Å². The molecule has 0 saturated carbocycles. The summed E-state index contributed by atoms with van der Waals surface area (Å²) in [5.74, 6) is 0.350. The third-order valence-corrected chi connectivity index (χ3v) is 6.52. The number of carbonyl (C=O) groups excluding carboxylic acids is 3. The molecule has 7 heteroatoms. The van der Waals surface area contributed by atoms with Crippen LogP contribution >= 0.6 is 0 Å². The van der Waals surface area contributed by atoms with E-state index in [1.54, 1.807) is 30.9 Å². The van der Waals surface area contributed by atoms with Crippen molar-refractivity contribution in [2.45, 2.75) is 85.4 Å². The highest BCUT2D eigenvalue weighted by Gasteiger charge is 2.36. The zero-order valence-corrected chi connectivity index (χ0v) is 24.0. The van der Waals surface area contributed by atoms with Crippen LogP contribution in [0.2, 0.25) is 0 Å². The molecule has 36 heavy (non-hydrogen) atoms. The summed E-state index contributed by atoms with van der Waals surface area (Å²) >= 11 is 0. The molecule has 0 aliphatic rings. The normalized spacial score (nSPS) is 14.0. The summed E-state index contributed by atoms with van der Waals surface area (Å²) in [6.07, 6.45) is 2.51. The molecule has 1 rings (SSSR count). The number of nitrogens with zero attached hydrogens (tertiary/aromatic N) is 2. The average Bonchev–Trinajstić information content (AvgIpc) is 2.82. The summed E-state index contributed by atoms with van der Waals surface area (Å²) in [6.45, 7) is 12.9. The Morgan fingerprint density at radius 1 is 0.750 bits per heavy atom. The van der Waals surface area contributed by atoms with Gasteiger partial charge in [-0.05, 0) is 56.0 Å². The molecule has 0 aliphatic carbocycles. The predicted molar refractivity (Wildman–Crippen MR) is 147 cm³/mol. The summed E-state index contributed by atoms with van der Waals surface area (Å²) in [7, 11) is 5.19. The lowest BCUT2D eigenvalue weighted by atomic mass is 9.96. The molecule has 3 amide bonds. The molecule has 1 aromatic carbocycles. The standard InChI is InChI=1S/C29H50N4O3/c1-20(2)17-24(30-7)28(35)33(9)26(19-22(5)6)29(36)32(8)25(18-21(3)4)27(34)31-16-15-23-13-11-10-12-14-23/h10-14,20-22,24-26,30H,15-19H2,1-9H3,(H,31,34)/t24-,25-,26-/m0/s1. The Labute approximate surface area is 219 Å². The molecule has 0 aromatic heterocycles. The molecule has 0 saturated heterocycles. The Morgan fingerprint density at radius 2 is 1.25 bits per heavy atom. The number of amides is 3. The first-order valence-corrected chi connectivity index (χ1v) is 13.4. The minimum Gasteiger partial charge on any atom is -0.354 e. The van der Waals surface area contributed by atoms with Crippen LogP contribution in [0.4, 0.5) is 0 Å². The number of rotatable bonds is 15. The predicted octanol–water partition coefficient (Wildman–Crippen LogP) is 3.73. The summed E-state index contributed by atoms with van der Waals surface area (Å²) in [4.78, 5) is 43.5. The van der Waals surface area contributed by atoms with Gasteiger partial charge in [0.05, 0.1) is 6.04 Å². The number of hydrogen-bond donors (Lipinski definition) is 2. The van der Waals surface area contributed by atoms with Crippen LogP contribution in [0.15, 0.2) is 30.3 Å². The summed E-state index contributed by atoms with van der Waals surface area (Å²) < 4.78 is 0. The van der Waals surface area contributed by atoms with Crippen molar-refractivity contribution in [1.29, 1.82) is 0 Å². The molecule has 0 aliphatic heterocycles. The Bertz CT molecular complexity index is 810. The highest BCUT2D eigenvalue weighted by molar-refractivity contribution is 5.93. The molecule has 0 spiro atoms.